The van der Waals surface area contributed by atoms with Crippen LogP contribution in [0.1, 0.15) is 27.2 Å². The smallest absolute Gasteiger partial charge is 0.221 e. The molecular formula is C10H21N5. The number of nitrogens with two attached hydrogens (primary N) is 2. The van der Waals surface area contributed by atoms with Crippen LogP contribution in [0.4, 0.5) is 0 Å². The molecule has 1 aliphatic heterocycles. The third kappa shape index (κ3) is 3.11. The highest BCUT2D eigenvalue weighted by atomic mass is 15.3. The van der Waals surface area contributed by atoms with Gasteiger partial charge in [-0.25, -0.2) is 0 Å². The second-order valence-electron chi connectivity index (χ2n) is 5.16. The Morgan fingerprint density at radius 3 is 2.40 bits per heavy atom. The van der Waals surface area contributed by atoms with Crippen molar-refractivity contribution in [2.75, 3.05) is 13.1 Å². The lowest BCUT2D eigenvalue weighted by molar-refractivity contribution is 0.250. The highest BCUT2D eigenvalue weighted by Crippen LogP contribution is 2.33. The first-order valence-corrected chi connectivity index (χ1v) is 5.24. The molecule has 1 atom stereocenters. The van der Waals surface area contributed by atoms with Crippen LogP contribution in [0.2, 0.25) is 0 Å². The number of aliphatic imine (C=N–C) groups is 1. The van der Waals surface area contributed by atoms with E-state index in [4.69, 9.17) is 16.9 Å². The van der Waals surface area contributed by atoms with Crippen molar-refractivity contribution in [3.05, 3.63) is 0 Å². The average molecular weight is 211 g/mol. The normalized spacial score (nSPS) is 21.5. The van der Waals surface area contributed by atoms with Gasteiger partial charge in [0.15, 0.2) is 5.96 Å². The summed E-state index contributed by atoms with van der Waals surface area (Å²) in [6, 6.07) is 0. The van der Waals surface area contributed by atoms with Gasteiger partial charge in [0.2, 0.25) is 5.96 Å². The summed E-state index contributed by atoms with van der Waals surface area (Å²) in [5, 5.41) is 7.69. The van der Waals surface area contributed by atoms with Gasteiger partial charge in [0.25, 0.3) is 0 Å². The largest absolute Gasteiger partial charge is 0.370 e. The minimum atomic E-state index is -0.0424. The molecule has 1 heterocycles. The van der Waals surface area contributed by atoms with Gasteiger partial charge in [-0.05, 0) is 17.8 Å². The number of nitrogens with one attached hydrogen (secondary N) is 1. The van der Waals surface area contributed by atoms with Crippen LogP contribution >= 0.6 is 0 Å². The van der Waals surface area contributed by atoms with Crippen LogP contribution in [0, 0.1) is 16.7 Å². The standard InChI is InChI=1S/C10H21N5/c1-10(2,3)7-4-5-15(6-7)9(13)14-8(11)12/h7H,4-6H2,1-3H3,(H5,11,12,13,14). The highest BCUT2D eigenvalue weighted by Gasteiger charge is 2.32. The minimum Gasteiger partial charge on any atom is -0.370 e. The Hall–Kier alpha value is -1.26. The zero-order valence-electron chi connectivity index (χ0n) is 9.75. The van der Waals surface area contributed by atoms with Gasteiger partial charge >= 0.3 is 0 Å². The summed E-state index contributed by atoms with van der Waals surface area (Å²) in [5.41, 5.74) is 10.8. The van der Waals surface area contributed by atoms with E-state index in [2.05, 4.69) is 25.8 Å². The van der Waals surface area contributed by atoms with Crippen LogP contribution in [0.15, 0.2) is 4.99 Å². The number of guanidine groups is 2. The number of rotatable bonds is 0. The molecule has 1 rings (SSSR count). The fourth-order valence-electron chi connectivity index (χ4n) is 1.85. The molecular weight excluding hydrogens is 190 g/mol. The quantitative estimate of drug-likeness (QED) is 0.404. The van der Waals surface area contributed by atoms with Crippen LogP contribution < -0.4 is 11.5 Å². The van der Waals surface area contributed by atoms with E-state index < -0.39 is 0 Å². The van der Waals surface area contributed by atoms with Crippen LogP contribution in [0.25, 0.3) is 0 Å². The molecule has 5 heteroatoms. The van der Waals surface area contributed by atoms with Crippen molar-refractivity contribution in [1.82, 2.24) is 4.90 Å². The number of hydrogen-bond donors (Lipinski definition) is 3. The van der Waals surface area contributed by atoms with Gasteiger partial charge in [0.1, 0.15) is 0 Å². The second kappa shape index (κ2) is 4.08. The molecule has 5 nitrogen and oxygen atoms in total. The Kier molecular flexibility index (Phi) is 3.21. The first-order valence-electron chi connectivity index (χ1n) is 5.24. The van der Waals surface area contributed by atoms with Gasteiger partial charge < -0.3 is 16.4 Å². The Balaban J connectivity index is 2.57. The van der Waals surface area contributed by atoms with Crippen LogP contribution in [0.5, 0.6) is 0 Å². The molecule has 0 amide bonds. The topological polar surface area (TPSA) is 91.5 Å². The van der Waals surface area contributed by atoms with Crippen molar-refractivity contribution in [1.29, 1.82) is 5.41 Å². The van der Waals surface area contributed by atoms with Crippen molar-refractivity contribution in [2.24, 2.45) is 27.8 Å². The van der Waals surface area contributed by atoms with E-state index in [-0.39, 0.29) is 17.3 Å². The monoisotopic (exact) mass is 211 g/mol. The van der Waals surface area contributed by atoms with Gasteiger partial charge in [0, 0.05) is 13.1 Å². The molecule has 0 aromatic carbocycles. The van der Waals surface area contributed by atoms with E-state index in [1.807, 2.05) is 4.90 Å². The third-order valence-electron chi connectivity index (χ3n) is 2.95. The maximum atomic E-state index is 7.69. The molecule has 15 heavy (non-hydrogen) atoms. The summed E-state index contributed by atoms with van der Waals surface area (Å²) in [4.78, 5) is 5.68. The summed E-state index contributed by atoms with van der Waals surface area (Å²) in [7, 11) is 0. The summed E-state index contributed by atoms with van der Waals surface area (Å²) < 4.78 is 0. The molecule has 1 fully saturated rings. The van der Waals surface area contributed by atoms with E-state index in [9.17, 15) is 0 Å². The van der Waals surface area contributed by atoms with Crippen molar-refractivity contribution in [2.45, 2.75) is 27.2 Å². The zero-order chi connectivity index (χ0) is 11.6. The molecule has 0 aromatic heterocycles. The lowest BCUT2D eigenvalue weighted by atomic mass is 9.80. The van der Waals surface area contributed by atoms with Crippen molar-refractivity contribution in [3.63, 3.8) is 0 Å². The highest BCUT2D eigenvalue weighted by molar-refractivity contribution is 5.91. The molecule has 0 saturated carbocycles. The van der Waals surface area contributed by atoms with Crippen LogP contribution in [-0.4, -0.2) is 29.9 Å². The van der Waals surface area contributed by atoms with E-state index in [1.54, 1.807) is 0 Å². The Labute approximate surface area is 91.0 Å². The lowest BCUT2D eigenvalue weighted by Gasteiger charge is -2.26. The maximum absolute atomic E-state index is 7.69. The SMILES string of the molecule is CC(C)(C)C1CCN(C(=N)N=C(N)N)C1. The Morgan fingerprint density at radius 1 is 1.40 bits per heavy atom. The van der Waals surface area contributed by atoms with Crippen LogP contribution in [-0.2, 0) is 0 Å². The molecule has 5 N–H and O–H groups in total. The van der Waals surface area contributed by atoms with E-state index in [1.165, 1.54) is 0 Å². The van der Waals surface area contributed by atoms with E-state index in [0.29, 0.717) is 5.92 Å². The first-order chi connectivity index (χ1) is 6.80. The van der Waals surface area contributed by atoms with Crippen molar-refractivity contribution >= 4 is 11.9 Å². The molecule has 0 aromatic rings. The lowest BCUT2D eigenvalue weighted by Crippen LogP contribution is -2.33. The first kappa shape index (κ1) is 11.8. The summed E-state index contributed by atoms with van der Waals surface area (Å²) >= 11 is 0. The molecule has 0 spiro atoms. The van der Waals surface area contributed by atoms with Gasteiger partial charge in [-0.2, -0.15) is 4.99 Å². The molecule has 1 aliphatic rings. The van der Waals surface area contributed by atoms with E-state index >= 15 is 0 Å². The van der Waals surface area contributed by atoms with Crippen LogP contribution in [0.3, 0.4) is 0 Å². The van der Waals surface area contributed by atoms with Gasteiger partial charge in [0.05, 0.1) is 0 Å². The maximum Gasteiger partial charge on any atom is 0.221 e. The van der Waals surface area contributed by atoms with Crippen molar-refractivity contribution in [3.8, 4) is 0 Å². The molecule has 86 valence electrons. The predicted octanol–water partition coefficient (Wildman–Crippen LogP) is 0.563. The molecule has 0 bridgehead atoms. The zero-order valence-corrected chi connectivity index (χ0v) is 9.75. The molecule has 1 saturated heterocycles. The molecule has 1 unspecified atom stereocenters. The Bertz CT molecular complexity index is 272. The van der Waals surface area contributed by atoms with E-state index in [0.717, 1.165) is 19.5 Å². The summed E-state index contributed by atoms with van der Waals surface area (Å²) in [6.07, 6.45) is 1.10. The number of nitrogens with zero attached hydrogens (tertiary/aromatic N) is 2. The molecule has 0 radical (unpaired) electrons. The fourth-order valence-corrected chi connectivity index (χ4v) is 1.85. The van der Waals surface area contributed by atoms with Crippen molar-refractivity contribution < 1.29 is 0 Å². The average Bonchev–Trinajstić information content (AvgIpc) is 2.48. The summed E-state index contributed by atoms with van der Waals surface area (Å²) in [6.45, 7) is 8.43. The third-order valence-corrected chi connectivity index (χ3v) is 2.95. The predicted molar refractivity (Wildman–Crippen MR) is 62.7 cm³/mol. The number of likely N-dealkylation sites (tertiary alicyclic amines) is 1. The second-order valence-corrected chi connectivity index (χ2v) is 5.16. The minimum absolute atomic E-state index is 0.0424. The molecule has 0 aliphatic carbocycles. The van der Waals surface area contributed by atoms with Gasteiger partial charge in [-0.3, -0.25) is 5.41 Å². The van der Waals surface area contributed by atoms with Gasteiger partial charge in [-0.1, -0.05) is 20.8 Å². The fraction of sp³-hybridized carbons (Fsp3) is 0.800. The summed E-state index contributed by atoms with van der Waals surface area (Å²) in [5.74, 6) is 0.744. The Morgan fingerprint density at radius 2 is 2.00 bits per heavy atom. The van der Waals surface area contributed by atoms with Gasteiger partial charge in [-0.15, -0.1) is 0 Å². The number of hydrogen-bond acceptors (Lipinski definition) is 1.